The maximum absolute atomic E-state index is 11.3. The van der Waals surface area contributed by atoms with Crippen molar-refractivity contribution in [3.8, 4) is 0 Å². The number of piperidine rings is 1. The summed E-state index contributed by atoms with van der Waals surface area (Å²) in [7, 11) is 0. The zero-order valence-electron chi connectivity index (χ0n) is 9.30. The highest BCUT2D eigenvalue weighted by atomic mass is 16.4. The molecule has 0 aromatic rings. The number of urea groups is 1. The summed E-state index contributed by atoms with van der Waals surface area (Å²) in [6.45, 7) is -0.478. The molecule has 0 aliphatic carbocycles. The third kappa shape index (κ3) is 4.01. The molecule has 2 atom stereocenters. The van der Waals surface area contributed by atoms with Gasteiger partial charge in [-0.2, -0.15) is 0 Å². The van der Waals surface area contributed by atoms with Crippen molar-refractivity contribution in [3.63, 3.8) is 0 Å². The number of carboxylic acid groups (broad SMARTS) is 1. The van der Waals surface area contributed by atoms with Gasteiger partial charge >= 0.3 is 12.0 Å². The fraction of sp³-hybridized carbons (Fsp3) is 0.556. The van der Waals surface area contributed by atoms with E-state index in [0.717, 1.165) is 0 Å². The van der Waals surface area contributed by atoms with Crippen LogP contribution in [0, 0.1) is 0 Å². The summed E-state index contributed by atoms with van der Waals surface area (Å²) in [4.78, 5) is 43.6. The largest absolute Gasteiger partial charge is 0.479 e. The fourth-order valence-electron chi connectivity index (χ4n) is 1.32. The highest BCUT2D eigenvalue weighted by molar-refractivity contribution is 6.01. The van der Waals surface area contributed by atoms with Gasteiger partial charge in [-0.25, -0.2) is 9.59 Å². The molecule has 18 heavy (non-hydrogen) atoms. The molecule has 0 bridgehead atoms. The Labute approximate surface area is 102 Å². The number of amides is 4. The van der Waals surface area contributed by atoms with Gasteiger partial charge in [0, 0.05) is 6.42 Å². The summed E-state index contributed by atoms with van der Waals surface area (Å²) in [6, 6.07) is -1.63. The van der Waals surface area contributed by atoms with E-state index in [1.165, 1.54) is 0 Å². The summed E-state index contributed by atoms with van der Waals surface area (Å²) in [5.41, 5.74) is 0. The van der Waals surface area contributed by atoms with Gasteiger partial charge in [-0.15, -0.1) is 0 Å². The molecule has 4 amide bonds. The number of carbonyl (C=O) groups is 4. The minimum Gasteiger partial charge on any atom is -0.479 e. The first-order valence-corrected chi connectivity index (χ1v) is 5.19. The molecular formula is C9H13N3O6. The van der Waals surface area contributed by atoms with Crippen LogP contribution in [0.2, 0.25) is 0 Å². The normalized spacial score (nSPS) is 20.8. The summed E-state index contributed by atoms with van der Waals surface area (Å²) in [6.07, 6.45) is -1.41. The van der Waals surface area contributed by atoms with Crippen LogP contribution < -0.4 is 16.0 Å². The van der Waals surface area contributed by atoms with E-state index in [-0.39, 0.29) is 12.8 Å². The van der Waals surface area contributed by atoms with Crippen LogP contribution >= 0.6 is 0 Å². The van der Waals surface area contributed by atoms with E-state index >= 15 is 0 Å². The lowest BCUT2D eigenvalue weighted by Crippen LogP contribution is -2.55. The van der Waals surface area contributed by atoms with E-state index < -0.39 is 42.5 Å². The van der Waals surface area contributed by atoms with Gasteiger partial charge in [0.1, 0.15) is 6.04 Å². The lowest BCUT2D eigenvalue weighted by molar-refractivity contribution is -0.146. The van der Waals surface area contributed by atoms with Crippen molar-refractivity contribution in [2.45, 2.75) is 25.0 Å². The van der Waals surface area contributed by atoms with Gasteiger partial charge in [0.05, 0.1) is 6.54 Å². The van der Waals surface area contributed by atoms with Gasteiger partial charge in [0.15, 0.2) is 6.10 Å². The van der Waals surface area contributed by atoms with Crippen LogP contribution in [0.4, 0.5) is 4.79 Å². The zero-order valence-corrected chi connectivity index (χ0v) is 9.30. The monoisotopic (exact) mass is 259 g/mol. The molecule has 100 valence electrons. The van der Waals surface area contributed by atoms with Crippen molar-refractivity contribution >= 4 is 23.8 Å². The molecule has 0 aromatic carbocycles. The van der Waals surface area contributed by atoms with Crippen LogP contribution in [0.3, 0.4) is 0 Å². The van der Waals surface area contributed by atoms with Crippen LogP contribution in [0.15, 0.2) is 0 Å². The third-order valence-corrected chi connectivity index (χ3v) is 2.29. The molecule has 0 spiro atoms. The minimum atomic E-state index is -1.71. The van der Waals surface area contributed by atoms with Crippen LogP contribution in [0.5, 0.6) is 0 Å². The molecule has 1 fully saturated rings. The van der Waals surface area contributed by atoms with Gasteiger partial charge < -0.3 is 20.8 Å². The standard InChI is InChI=1S/C9H13N3O6/c13-5(8(16)17)3-10-9(18)11-4-1-2-6(14)12-7(4)15/h4-5,13H,1-3H2,(H,16,17)(H2,10,11,18)(H,12,14,15). The molecule has 1 rings (SSSR count). The number of hydrogen-bond donors (Lipinski definition) is 5. The van der Waals surface area contributed by atoms with Crippen molar-refractivity contribution < 1.29 is 29.4 Å². The van der Waals surface area contributed by atoms with Gasteiger partial charge in [-0.1, -0.05) is 0 Å². The predicted molar refractivity (Wildman–Crippen MR) is 56.3 cm³/mol. The Bertz CT molecular complexity index is 382. The molecule has 0 aromatic heterocycles. The number of aliphatic hydroxyl groups is 1. The number of aliphatic hydroxyl groups excluding tert-OH is 1. The maximum Gasteiger partial charge on any atom is 0.334 e. The first kappa shape index (κ1) is 13.9. The minimum absolute atomic E-state index is 0.119. The predicted octanol–water partition coefficient (Wildman–Crippen LogP) is -2.46. The molecule has 0 radical (unpaired) electrons. The fourth-order valence-corrected chi connectivity index (χ4v) is 1.32. The highest BCUT2D eigenvalue weighted by Crippen LogP contribution is 2.03. The molecule has 5 N–H and O–H groups in total. The van der Waals surface area contributed by atoms with Gasteiger partial charge in [-0.3, -0.25) is 14.9 Å². The van der Waals surface area contributed by atoms with E-state index in [2.05, 4.69) is 16.0 Å². The van der Waals surface area contributed by atoms with E-state index in [1.54, 1.807) is 0 Å². The van der Waals surface area contributed by atoms with Crippen LogP contribution in [0.1, 0.15) is 12.8 Å². The number of imide groups is 1. The molecule has 0 saturated carbocycles. The molecular weight excluding hydrogens is 246 g/mol. The number of rotatable bonds is 4. The van der Waals surface area contributed by atoms with E-state index in [0.29, 0.717) is 0 Å². The van der Waals surface area contributed by atoms with Crippen molar-refractivity contribution in [1.82, 2.24) is 16.0 Å². The van der Waals surface area contributed by atoms with Crippen molar-refractivity contribution in [2.24, 2.45) is 0 Å². The van der Waals surface area contributed by atoms with E-state index in [1.807, 2.05) is 0 Å². The average Bonchev–Trinajstić information content (AvgIpc) is 2.29. The number of carboxylic acids is 1. The van der Waals surface area contributed by atoms with Crippen molar-refractivity contribution in [3.05, 3.63) is 0 Å². The van der Waals surface area contributed by atoms with Crippen LogP contribution in [-0.2, 0) is 14.4 Å². The molecule has 1 aliphatic heterocycles. The van der Waals surface area contributed by atoms with Gasteiger partial charge in [0.2, 0.25) is 11.8 Å². The van der Waals surface area contributed by atoms with E-state index in [4.69, 9.17) is 10.2 Å². The number of aliphatic carboxylic acids is 1. The number of carbonyl (C=O) groups excluding carboxylic acids is 3. The summed E-state index contributed by atoms with van der Waals surface area (Å²) >= 11 is 0. The summed E-state index contributed by atoms with van der Waals surface area (Å²) < 4.78 is 0. The van der Waals surface area contributed by atoms with E-state index in [9.17, 15) is 19.2 Å². The first-order valence-electron chi connectivity index (χ1n) is 5.19. The Balaban J connectivity index is 2.34. The number of nitrogens with one attached hydrogen (secondary N) is 3. The third-order valence-electron chi connectivity index (χ3n) is 2.29. The molecule has 9 heteroatoms. The quantitative estimate of drug-likeness (QED) is 0.354. The average molecular weight is 259 g/mol. The second-order valence-corrected chi connectivity index (χ2v) is 3.71. The molecule has 1 saturated heterocycles. The Hall–Kier alpha value is -2.16. The highest BCUT2D eigenvalue weighted by Gasteiger charge is 2.27. The Morgan fingerprint density at radius 2 is 2.11 bits per heavy atom. The van der Waals surface area contributed by atoms with Crippen LogP contribution in [0.25, 0.3) is 0 Å². The molecule has 2 unspecified atom stereocenters. The summed E-state index contributed by atoms with van der Waals surface area (Å²) in [5, 5.41) is 23.7. The van der Waals surface area contributed by atoms with Gasteiger partial charge in [0.25, 0.3) is 0 Å². The smallest absolute Gasteiger partial charge is 0.334 e. The second-order valence-electron chi connectivity index (χ2n) is 3.71. The Morgan fingerprint density at radius 3 is 2.67 bits per heavy atom. The van der Waals surface area contributed by atoms with Gasteiger partial charge in [-0.05, 0) is 6.42 Å². The SMILES string of the molecule is O=C1CCC(NC(=O)NCC(O)C(=O)O)C(=O)N1. The van der Waals surface area contributed by atoms with Crippen molar-refractivity contribution in [2.75, 3.05) is 6.54 Å². The Morgan fingerprint density at radius 1 is 1.44 bits per heavy atom. The molecule has 1 aliphatic rings. The lowest BCUT2D eigenvalue weighted by atomic mass is 10.1. The number of hydrogen-bond acceptors (Lipinski definition) is 5. The Kier molecular flexibility index (Phi) is 4.60. The summed E-state index contributed by atoms with van der Waals surface area (Å²) in [5.74, 6) is -2.48. The lowest BCUT2D eigenvalue weighted by Gasteiger charge is -2.22. The molecule has 1 heterocycles. The topological polar surface area (TPSA) is 145 Å². The van der Waals surface area contributed by atoms with Crippen molar-refractivity contribution in [1.29, 1.82) is 0 Å². The molecule has 9 nitrogen and oxygen atoms in total. The maximum atomic E-state index is 11.3. The zero-order chi connectivity index (χ0) is 13.7. The van der Waals surface area contributed by atoms with Crippen LogP contribution in [-0.4, -0.2) is 52.7 Å². The second kappa shape index (κ2) is 5.96. The first-order chi connectivity index (χ1) is 8.40.